The van der Waals surface area contributed by atoms with Crippen LogP contribution in [-0.2, 0) is 23.8 Å². The molecule has 0 aromatic heterocycles. The van der Waals surface area contributed by atoms with Crippen LogP contribution in [0.2, 0.25) is 0 Å². The van der Waals surface area contributed by atoms with Gasteiger partial charge in [-0.15, -0.1) is 0 Å². The zero-order valence-corrected chi connectivity index (χ0v) is 43.0. The lowest BCUT2D eigenvalue weighted by Crippen LogP contribution is -2.61. The van der Waals surface area contributed by atoms with Crippen molar-refractivity contribution in [1.29, 1.82) is 0 Å². The molecule has 1 rings (SSSR count). The third-order valence-electron chi connectivity index (χ3n) is 13.1. The van der Waals surface area contributed by atoms with Crippen LogP contribution in [0, 0.1) is 0 Å². The van der Waals surface area contributed by atoms with Gasteiger partial charge in [-0.25, -0.2) is 0 Å². The molecule has 392 valence electrons. The van der Waals surface area contributed by atoms with Crippen molar-refractivity contribution in [2.24, 2.45) is 0 Å². The predicted octanol–water partition coefficient (Wildman–Crippen LogP) is 11.9. The second-order valence-electron chi connectivity index (χ2n) is 19.3. The summed E-state index contributed by atoms with van der Waals surface area (Å²) in [6.45, 7) is 5.66. The molecule has 8 atom stereocenters. The van der Waals surface area contributed by atoms with Crippen LogP contribution >= 0.6 is 0 Å². The minimum absolute atomic E-state index is 0.126. The van der Waals surface area contributed by atoms with Gasteiger partial charge in [-0.3, -0.25) is 9.59 Å². The van der Waals surface area contributed by atoms with Crippen molar-refractivity contribution < 1.29 is 49.3 Å². The molecule has 0 saturated carbocycles. The zero-order valence-electron chi connectivity index (χ0n) is 43.0. The Balaban J connectivity index is 2.76. The third kappa shape index (κ3) is 34.0. The Bertz CT molecular complexity index is 1230. The molecule has 11 nitrogen and oxygen atoms in total. The first-order valence-electron chi connectivity index (χ1n) is 27.8. The van der Waals surface area contributed by atoms with Crippen molar-refractivity contribution in [1.82, 2.24) is 5.32 Å². The molecule has 8 unspecified atom stereocenters. The summed E-state index contributed by atoms with van der Waals surface area (Å²) in [6.07, 6.45) is 40.5. The van der Waals surface area contributed by atoms with Crippen LogP contribution in [0.5, 0.6) is 0 Å². The molecule has 1 aliphatic heterocycles. The maximum Gasteiger partial charge on any atom is 0.306 e. The van der Waals surface area contributed by atoms with E-state index in [2.05, 4.69) is 50.4 Å². The van der Waals surface area contributed by atoms with Gasteiger partial charge in [-0.05, 0) is 51.4 Å². The van der Waals surface area contributed by atoms with Gasteiger partial charge >= 0.3 is 5.97 Å². The van der Waals surface area contributed by atoms with Crippen molar-refractivity contribution in [2.75, 3.05) is 13.2 Å². The smallest absolute Gasteiger partial charge is 0.306 e. The van der Waals surface area contributed by atoms with E-state index >= 15 is 0 Å². The summed E-state index contributed by atoms with van der Waals surface area (Å²) < 4.78 is 17.5. The van der Waals surface area contributed by atoms with Crippen LogP contribution < -0.4 is 5.32 Å². The number of hydrogen-bond donors (Lipinski definition) is 6. The lowest BCUT2D eigenvalue weighted by molar-refractivity contribution is -0.305. The lowest BCUT2D eigenvalue weighted by atomic mass is 9.99. The van der Waals surface area contributed by atoms with Crippen LogP contribution in [0.4, 0.5) is 0 Å². The molecule has 1 amide bonds. The highest BCUT2D eigenvalue weighted by Crippen LogP contribution is 2.26. The quantitative estimate of drug-likeness (QED) is 0.0196. The summed E-state index contributed by atoms with van der Waals surface area (Å²) in [4.78, 5) is 26.4. The van der Waals surface area contributed by atoms with Gasteiger partial charge in [0.05, 0.1) is 25.4 Å². The molecule has 0 bridgehead atoms. The SMILES string of the molecule is CC/C=C/C/C=C/CCCCCCCCC(O)C(=O)NC(COC1OC(CO)C(O)C(O)C1OC(=O)CCCCCCCCCCCCCCC)C(O)/C=C/CCCCCCCCCCCC. The fraction of sp³-hybridized carbons (Fsp3) is 0.857. The molecule has 1 aliphatic rings. The summed E-state index contributed by atoms with van der Waals surface area (Å²) in [5, 5.41) is 56.7. The van der Waals surface area contributed by atoms with E-state index in [1.165, 1.54) is 109 Å². The molecule has 0 spiro atoms. The van der Waals surface area contributed by atoms with Gasteiger partial charge in [-0.1, -0.05) is 224 Å². The number of esters is 1. The van der Waals surface area contributed by atoms with Crippen LogP contribution in [0.25, 0.3) is 0 Å². The number of unbranched alkanes of at least 4 members (excludes halogenated alkanes) is 28. The molecule has 0 radical (unpaired) electrons. The fourth-order valence-corrected chi connectivity index (χ4v) is 8.63. The Labute approximate surface area is 409 Å². The summed E-state index contributed by atoms with van der Waals surface area (Å²) in [6, 6.07) is -1.02. The highest BCUT2D eigenvalue weighted by Gasteiger charge is 2.47. The number of amides is 1. The van der Waals surface area contributed by atoms with E-state index in [0.717, 1.165) is 89.9 Å². The number of carbonyl (C=O) groups is 2. The van der Waals surface area contributed by atoms with Crippen LogP contribution in [0.1, 0.15) is 245 Å². The van der Waals surface area contributed by atoms with Crippen molar-refractivity contribution >= 4 is 11.9 Å². The van der Waals surface area contributed by atoms with E-state index < -0.39 is 67.4 Å². The number of rotatable bonds is 46. The monoisotopic (exact) mass is 950 g/mol. The largest absolute Gasteiger partial charge is 0.454 e. The number of hydrogen-bond acceptors (Lipinski definition) is 10. The first-order chi connectivity index (χ1) is 32.7. The first-order valence-corrected chi connectivity index (χ1v) is 27.8. The number of aliphatic hydroxyl groups excluding tert-OH is 5. The van der Waals surface area contributed by atoms with E-state index in [4.69, 9.17) is 14.2 Å². The van der Waals surface area contributed by atoms with Crippen molar-refractivity contribution in [3.63, 3.8) is 0 Å². The van der Waals surface area contributed by atoms with E-state index in [1.807, 2.05) is 6.08 Å². The topological polar surface area (TPSA) is 175 Å². The molecular weight excluding hydrogens is 847 g/mol. The highest BCUT2D eigenvalue weighted by molar-refractivity contribution is 5.80. The molecule has 1 saturated heterocycles. The summed E-state index contributed by atoms with van der Waals surface area (Å²) >= 11 is 0. The number of allylic oxidation sites excluding steroid dienone is 5. The minimum Gasteiger partial charge on any atom is -0.454 e. The van der Waals surface area contributed by atoms with Gasteiger partial charge in [0.25, 0.3) is 0 Å². The lowest BCUT2D eigenvalue weighted by Gasteiger charge is -2.41. The van der Waals surface area contributed by atoms with Gasteiger partial charge in [-0.2, -0.15) is 0 Å². The van der Waals surface area contributed by atoms with E-state index in [1.54, 1.807) is 6.08 Å². The molecular formula is C56H103NO10. The number of carbonyl (C=O) groups excluding carboxylic acids is 2. The molecule has 67 heavy (non-hydrogen) atoms. The first kappa shape index (κ1) is 62.9. The maximum atomic E-state index is 13.3. The maximum absolute atomic E-state index is 13.3. The van der Waals surface area contributed by atoms with Gasteiger partial charge in [0.1, 0.15) is 24.4 Å². The Morgan fingerprint density at radius 1 is 0.597 bits per heavy atom. The molecule has 0 aromatic carbocycles. The van der Waals surface area contributed by atoms with Crippen LogP contribution in [0.15, 0.2) is 36.5 Å². The Hall–Kier alpha value is -2.12. The molecule has 1 heterocycles. The second kappa shape index (κ2) is 45.0. The highest BCUT2D eigenvalue weighted by atomic mass is 16.7. The summed E-state index contributed by atoms with van der Waals surface area (Å²) in [7, 11) is 0. The predicted molar refractivity (Wildman–Crippen MR) is 274 cm³/mol. The minimum atomic E-state index is -1.61. The number of nitrogens with one attached hydrogen (secondary N) is 1. The van der Waals surface area contributed by atoms with Gasteiger partial charge in [0, 0.05) is 6.42 Å². The van der Waals surface area contributed by atoms with Crippen molar-refractivity contribution in [2.45, 2.75) is 294 Å². The van der Waals surface area contributed by atoms with E-state index in [0.29, 0.717) is 12.8 Å². The summed E-state index contributed by atoms with van der Waals surface area (Å²) in [5.74, 6) is -1.20. The average molecular weight is 950 g/mol. The molecule has 11 heteroatoms. The average Bonchev–Trinajstić information content (AvgIpc) is 3.32. The van der Waals surface area contributed by atoms with Crippen molar-refractivity contribution in [3.8, 4) is 0 Å². The fourth-order valence-electron chi connectivity index (χ4n) is 8.63. The molecule has 1 fully saturated rings. The molecule has 6 N–H and O–H groups in total. The van der Waals surface area contributed by atoms with Gasteiger partial charge in [0.2, 0.25) is 5.91 Å². The zero-order chi connectivity index (χ0) is 49.0. The van der Waals surface area contributed by atoms with Gasteiger partial charge < -0.3 is 45.1 Å². The Morgan fingerprint density at radius 2 is 1.07 bits per heavy atom. The Morgan fingerprint density at radius 3 is 1.60 bits per heavy atom. The second-order valence-corrected chi connectivity index (χ2v) is 19.3. The van der Waals surface area contributed by atoms with E-state index in [9.17, 15) is 35.1 Å². The summed E-state index contributed by atoms with van der Waals surface area (Å²) in [5.41, 5.74) is 0. The van der Waals surface area contributed by atoms with E-state index in [-0.39, 0.29) is 19.4 Å². The third-order valence-corrected chi connectivity index (χ3v) is 13.1. The number of ether oxygens (including phenoxy) is 3. The van der Waals surface area contributed by atoms with Crippen molar-refractivity contribution in [3.05, 3.63) is 36.5 Å². The molecule has 0 aromatic rings. The molecule has 0 aliphatic carbocycles. The number of aliphatic hydroxyl groups is 5. The normalized spacial score (nSPS) is 20.3. The van der Waals surface area contributed by atoms with Crippen LogP contribution in [0.3, 0.4) is 0 Å². The van der Waals surface area contributed by atoms with Gasteiger partial charge in [0.15, 0.2) is 12.4 Å². The van der Waals surface area contributed by atoms with Crippen LogP contribution in [-0.4, -0.2) is 99.6 Å². The standard InChI is InChI=1S/C56H103NO10/c1-4-7-10-13-16-19-22-25-28-31-34-37-40-43-49(60)55(64)57-47(48(59)42-39-36-33-30-27-24-21-18-15-12-9-6-3)46-65-56-54(53(63)52(62)50(45-58)66-56)67-51(61)44-41-38-35-32-29-26-23-20-17-14-11-8-5-2/h7,10,16,19,39,42,47-50,52-54,56,58-60,62-63H,4-6,8-9,11-15,17-18,20-38,40-41,43-46H2,1-3H3,(H,57,64)/b10-7+,19-16+,42-39+. The Kier molecular flexibility index (Phi) is 42.3.